The summed E-state index contributed by atoms with van der Waals surface area (Å²) in [4.78, 5) is 12.2. The summed E-state index contributed by atoms with van der Waals surface area (Å²) in [5.41, 5.74) is 1.22. The molecule has 4 heteroatoms. The van der Waals surface area contributed by atoms with Gasteiger partial charge in [0, 0.05) is 12.6 Å². The Balaban J connectivity index is 1.89. The van der Waals surface area contributed by atoms with Gasteiger partial charge in [0.2, 0.25) is 0 Å². The molecule has 1 aromatic carbocycles. The summed E-state index contributed by atoms with van der Waals surface area (Å²) in [6, 6.07) is 8.18. The molecule has 1 aliphatic heterocycles. The van der Waals surface area contributed by atoms with Gasteiger partial charge in [0.05, 0.1) is 0 Å². The largest absolute Gasteiger partial charge is 0.481 e. The molecule has 0 spiro atoms. The fourth-order valence-electron chi connectivity index (χ4n) is 2.50. The van der Waals surface area contributed by atoms with Crippen LogP contribution in [0, 0.1) is 0 Å². The van der Waals surface area contributed by atoms with Crippen LogP contribution in [0.1, 0.15) is 45.1 Å². The van der Waals surface area contributed by atoms with Crippen molar-refractivity contribution in [3.63, 3.8) is 0 Å². The Labute approximate surface area is 127 Å². The molecule has 1 amide bonds. The molecule has 4 nitrogen and oxygen atoms in total. The van der Waals surface area contributed by atoms with Gasteiger partial charge < -0.3 is 15.4 Å². The summed E-state index contributed by atoms with van der Waals surface area (Å²) < 4.78 is 5.78. The highest BCUT2D eigenvalue weighted by atomic mass is 16.5. The standard InChI is InChI=1S/C17H26N2O2/c1-12(2)14-6-4-8-16(10-14)21-13(3)17(20)19-15-7-5-9-18-11-15/h4,6,8,10,12-13,15,18H,5,7,9,11H2,1-3H3,(H,19,20)/t13?,15-/m0/s1. The third kappa shape index (κ3) is 4.74. The summed E-state index contributed by atoms with van der Waals surface area (Å²) in [6.07, 6.45) is 1.67. The number of ether oxygens (including phenoxy) is 1. The van der Waals surface area contributed by atoms with Crippen molar-refractivity contribution in [2.24, 2.45) is 0 Å². The number of rotatable bonds is 5. The fraction of sp³-hybridized carbons (Fsp3) is 0.588. The lowest BCUT2D eigenvalue weighted by Gasteiger charge is -2.25. The fourth-order valence-corrected chi connectivity index (χ4v) is 2.50. The van der Waals surface area contributed by atoms with E-state index in [4.69, 9.17) is 4.74 Å². The lowest BCUT2D eigenvalue weighted by molar-refractivity contribution is -0.128. The summed E-state index contributed by atoms with van der Waals surface area (Å²) >= 11 is 0. The van der Waals surface area contributed by atoms with Gasteiger partial charge in [-0.1, -0.05) is 26.0 Å². The van der Waals surface area contributed by atoms with Crippen LogP contribution in [-0.4, -0.2) is 31.1 Å². The number of piperidine rings is 1. The Morgan fingerprint density at radius 3 is 2.86 bits per heavy atom. The molecule has 0 aromatic heterocycles. The lowest BCUT2D eigenvalue weighted by Crippen LogP contribution is -2.49. The Hall–Kier alpha value is -1.55. The van der Waals surface area contributed by atoms with Crippen molar-refractivity contribution in [3.8, 4) is 5.75 Å². The smallest absolute Gasteiger partial charge is 0.261 e. The van der Waals surface area contributed by atoms with E-state index >= 15 is 0 Å². The Bertz CT molecular complexity index is 468. The van der Waals surface area contributed by atoms with Crippen LogP contribution in [0.3, 0.4) is 0 Å². The number of carbonyl (C=O) groups excluding carboxylic acids is 1. The SMILES string of the molecule is CC(Oc1cccc(C(C)C)c1)C(=O)N[C@H]1CCCNC1. The molecule has 0 saturated carbocycles. The molecular weight excluding hydrogens is 264 g/mol. The normalized spacial score (nSPS) is 20.1. The van der Waals surface area contributed by atoms with Gasteiger partial charge in [-0.3, -0.25) is 4.79 Å². The third-order valence-corrected chi connectivity index (χ3v) is 3.85. The van der Waals surface area contributed by atoms with Crippen molar-refractivity contribution in [2.75, 3.05) is 13.1 Å². The zero-order valence-electron chi connectivity index (χ0n) is 13.2. The van der Waals surface area contributed by atoms with E-state index in [1.165, 1.54) is 5.56 Å². The van der Waals surface area contributed by atoms with Crippen LogP contribution in [-0.2, 0) is 4.79 Å². The molecule has 1 aromatic rings. The van der Waals surface area contributed by atoms with Crippen LogP contribution >= 0.6 is 0 Å². The molecule has 21 heavy (non-hydrogen) atoms. The number of benzene rings is 1. The number of hydrogen-bond acceptors (Lipinski definition) is 3. The van der Waals surface area contributed by atoms with Crippen molar-refractivity contribution in [3.05, 3.63) is 29.8 Å². The molecule has 1 heterocycles. The maximum absolute atomic E-state index is 12.2. The molecule has 1 saturated heterocycles. The van der Waals surface area contributed by atoms with E-state index in [2.05, 4.69) is 30.5 Å². The quantitative estimate of drug-likeness (QED) is 0.876. The third-order valence-electron chi connectivity index (χ3n) is 3.85. The predicted molar refractivity (Wildman–Crippen MR) is 84.7 cm³/mol. The zero-order valence-corrected chi connectivity index (χ0v) is 13.2. The van der Waals surface area contributed by atoms with Crippen LogP contribution in [0.5, 0.6) is 5.75 Å². The molecule has 0 aliphatic carbocycles. The van der Waals surface area contributed by atoms with E-state index in [1.807, 2.05) is 18.2 Å². The second-order valence-electron chi connectivity index (χ2n) is 6.04. The summed E-state index contributed by atoms with van der Waals surface area (Å²) in [5.74, 6) is 1.16. The topological polar surface area (TPSA) is 50.4 Å². The van der Waals surface area contributed by atoms with Gasteiger partial charge in [-0.15, -0.1) is 0 Å². The molecule has 2 rings (SSSR count). The van der Waals surface area contributed by atoms with Crippen molar-refractivity contribution in [1.29, 1.82) is 0 Å². The Morgan fingerprint density at radius 1 is 1.38 bits per heavy atom. The zero-order chi connectivity index (χ0) is 15.2. The number of hydrogen-bond donors (Lipinski definition) is 2. The molecular formula is C17H26N2O2. The minimum Gasteiger partial charge on any atom is -0.481 e. The molecule has 1 fully saturated rings. The first-order valence-electron chi connectivity index (χ1n) is 7.84. The van der Waals surface area contributed by atoms with Crippen molar-refractivity contribution in [2.45, 2.75) is 51.7 Å². The van der Waals surface area contributed by atoms with E-state index in [0.29, 0.717) is 5.92 Å². The number of nitrogens with one attached hydrogen (secondary N) is 2. The summed E-state index contributed by atoms with van der Waals surface area (Å²) in [6.45, 7) is 7.98. The van der Waals surface area contributed by atoms with Crippen LogP contribution < -0.4 is 15.4 Å². The molecule has 1 unspecified atom stereocenters. The van der Waals surface area contributed by atoms with E-state index in [0.717, 1.165) is 31.7 Å². The molecule has 1 aliphatic rings. The maximum atomic E-state index is 12.2. The van der Waals surface area contributed by atoms with Crippen LogP contribution in [0.25, 0.3) is 0 Å². The van der Waals surface area contributed by atoms with Crippen molar-refractivity contribution in [1.82, 2.24) is 10.6 Å². The highest BCUT2D eigenvalue weighted by molar-refractivity contribution is 5.81. The minimum absolute atomic E-state index is 0.0429. The van der Waals surface area contributed by atoms with E-state index in [1.54, 1.807) is 6.92 Å². The first-order valence-corrected chi connectivity index (χ1v) is 7.84. The summed E-state index contributed by atoms with van der Waals surface area (Å²) in [5, 5.41) is 6.34. The van der Waals surface area contributed by atoms with E-state index in [-0.39, 0.29) is 11.9 Å². The van der Waals surface area contributed by atoms with Gasteiger partial charge in [-0.05, 0) is 49.9 Å². The van der Waals surface area contributed by atoms with Crippen LogP contribution in [0.2, 0.25) is 0 Å². The van der Waals surface area contributed by atoms with Gasteiger partial charge in [-0.2, -0.15) is 0 Å². The second-order valence-corrected chi connectivity index (χ2v) is 6.04. The maximum Gasteiger partial charge on any atom is 0.261 e. The number of amides is 1. The first kappa shape index (κ1) is 15.8. The van der Waals surface area contributed by atoms with Gasteiger partial charge in [0.15, 0.2) is 6.10 Å². The molecule has 2 N–H and O–H groups in total. The highest BCUT2D eigenvalue weighted by Gasteiger charge is 2.20. The monoisotopic (exact) mass is 290 g/mol. The van der Waals surface area contributed by atoms with E-state index in [9.17, 15) is 4.79 Å². The lowest BCUT2D eigenvalue weighted by atomic mass is 10.0. The molecule has 0 bridgehead atoms. The van der Waals surface area contributed by atoms with Crippen molar-refractivity contribution >= 4 is 5.91 Å². The second kappa shape index (κ2) is 7.46. The molecule has 116 valence electrons. The Morgan fingerprint density at radius 2 is 2.19 bits per heavy atom. The van der Waals surface area contributed by atoms with Gasteiger partial charge in [-0.25, -0.2) is 0 Å². The van der Waals surface area contributed by atoms with Gasteiger partial charge >= 0.3 is 0 Å². The first-order chi connectivity index (χ1) is 10.1. The Kier molecular flexibility index (Phi) is 5.62. The van der Waals surface area contributed by atoms with Gasteiger partial charge in [0.25, 0.3) is 5.91 Å². The summed E-state index contributed by atoms with van der Waals surface area (Å²) in [7, 11) is 0. The van der Waals surface area contributed by atoms with E-state index < -0.39 is 6.10 Å². The van der Waals surface area contributed by atoms with Crippen LogP contribution in [0.4, 0.5) is 0 Å². The minimum atomic E-state index is -0.477. The highest BCUT2D eigenvalue weighted by Crippen LogP contribution is 2.21. The average Bonchev–Trinajstić information content (AvgIpc) is 2.48. The molecule has 0 radical (unpaired) electrons. The van der Waals surface area contributed by atoms with Gasteiger partial charge in [0.1, 0.15) is 5.75 Å². The average molecular weight is 290 g/mol. The molecule has 2 atom stereocenters. The van der Waals surface area contributed by atoms with Crippen LogP contribution in [0.15, 0.2) is 24.3 Å². The van der Waals surface area contributed by atoms with Crippen molar-refractivity contribution < 1.29 is 9.53 Å². The predicted octanol–water partition coefficient (Wildman–Crippen LogP) is 2.45. The number of carbonyl (C=O) groups is 1.